The molecule has 1 aromatic heterocycles. The summed E-state index contributed by atoms with van der Waals surface area (Å²) in [6.07, 6.45) is 2.01. The van der Waals surface area contributed by atoms with Gasteiger partial charge in [-0.25, -0.2) is 8.42 Å². The molecule has 0 saturated heterocycles. The van der Waals surface area contributed by atoms with E-state index in [2.05, 4.69) is 21.3 Å². The zero-order valence-electron chi connectivity index (χ0n) is 14.0. The standard InChI is InChI=1S/C17H20N4O2S/c1-11(10-21(2)3)20-17-12(8-18)9-19-14-4-5-15-13(16(14)17)6-7-24(15,22)23/h4-5,9,11H,6-7,10H2,1-3H3,(H,19,20). The van der Waals surface area contributed by atoms with E-state index >= 15 is 0 Å². The van der Waals surface area contributed by atoms with Gasteiger partial charge in [0.25, 0.3) is 0 Å². The lowest BCUT2D eigenvalue weighted by molar-refractivity contribution is 0.392. The van der Waals surface area contributed by atoms with E-state index in [4.69, 9.17) is 0 Å². The second-order valence-electron chi connectivity index (χ2n) is 6.47. The van der Waals surface area contributed by atoms with Crippen LogP contribution in [-0.2, 0) is 16.3 Å². The number of nitrogens with one attached hydrogen (secondary N) is 1. The number of sulfone groups is 1. The summed E-state index contributed by atoms with van der Waals surface area (Å²) >= 11 is 0. The first kappa shape index (κ1) is 16.7. The number of rotatable bonds is 4. The highest BCUT2D eigenvalue weighted by atomic mass is 32.2. The second kappa shape index (κ2) is 6.04. The fraction of sp³-hybridized carbons (Fsp3) is 0.412. The summed E-state index contributed by atoms with van der Waals surface area (Å²) in [5, 5.41) is 13.6. The lowest BCUT2D eigenvalue weighted by Crippen LogP contribution is -2.30. The van der Waals surface area contributed by atoms with Crippen LogP contribution < -0.4 is 5.32 Å². The molecule has 1 aliphatic rings. The van der Waals surface area contributed by atoms with Gasteiger partial charge in [-0.05, 0) is 45.1 Å². The van der Waals surface area contributed by atoms with Crippen molar-refractivity contribution >= 4 is 26.4 Å². The van der Waals surface area contributed by atoms with Crippen molar-refractivity contribution in [3.8, 4) is 6.07 Å². The molecule has 126 valence electrons. The third kappa shape index (κ3) is 2.83. The molecule has 1 N–H and O–H groups in total. The van der Waals surface area contributed by atoms with E-state index in [1.54, 1.807) is 18.3 Å². The molecule has 0 spiro atoms. The average Bonchev–Trinajstić information content (AvgIpc) is 2.82. The number of aryl methyl sites for hydroxylation is 1. The highest BCUT2D eigenvalue weighted by molar-refractivity contribution is 7.91. The van der Waals surface area contributed by atoms with Crippen LogP contribution in [0.5, 0.6) is 0 Å². The van der Waals surface area contributed by atoms with Gasteiger partial charge in [0.15, 0.2) is 9.84 Å². The minimum absolute atomic E-state index is 0.103. The van der Waals surface area contributed by atoms with E-state index in [1.807, 2.05) is 21.0 Å². The molecular weight excluding hydrogens is 324 g/mol. The Hall–Kier alpha value is -2.17. The number of nitriles is 1. The van der Waals surface area contributed by atoms with Crippen LogP contribution in [-0.4, -0.2) is 50.7 Å². The van der Waals surface area contributed by atoms with Crippen molar-refractivity contribution in [1.82, 2.24) is 9.88 Å². The van der Waals surface area contributed by atoms with Gasteiger partial charge in [-0.1, -0.05) is 0 Å². The summed E-state index contributed by atoms with van der Waals surface area (Å²) in [4.78, 5) is 6.77. The van der Waals surface area contributed by atoms with Gasteiger partial charge in [-0.2, -0.15) is 5.26 Å². The molecule has 2 aromatic rings. The molecule has 3 rings (SSSR count). The van der Waals surface area contributed by atoms with E-state index in [1.165, 1.54) is 0 Å². The highest BCUT2D eigenvalue weighted by Crippen LogP contribution is 2.37. The first-order valence-electron chi connectivity index (χ1n) is 7.82. The van der Waals surface area contributed by atoms with Crippen LogP contribution >= 0.6 is 0 Å². The monoisotopic (exact) mass is 344 g/mol. The largest absolute Gasteiger partial charge is 0.380 e. The van der Waals surface area contributed by atoms with Gasteiger partial charge in [-0.15, -0.1) is 0 Å². The van der Waals surface area contributed by atoms with Crippen LogP contribution in [0.3, 0.4) is 0 Å². The molecule has 0 fully saturated rings. The van der Waals surface area contributed by atoms with E-state index in [0.717, 1.165) is 17.5 Å². The minimum Gasteiger partial charge on any atom is -0.380 e. The second-order valence-corrected chi connectivity index (χ2v) is 8.55. The SMILES string of the molecule is CC(CN(C)C)Nc1c(C#N)cnc2ccc3c(c12)CCS3(=O)=O. The minimum atomic E-state index is -3.23. The van der Waals surface area contributed by atoms with Gasteiger partial charge in [0.1, 0.15) is 6.07 Å². The molecule has 1 aromatic carbocycles. The molecule has 1 atom stereocenters. The summed E-state index contributed by atoms with van der Waals surface area (Å²) < 4.78 is 24.4. The van der Waals surface area contributed by atoms with Crippen LogP contribution in [0.25, 0.3) is 10.9 Å². The predicted molar refractivity (Wildman–Crippen MR) is 93.9 cm³/mol. The molecule has 0 amide bonds. The number of benzene rings is 1. The summed E-state index contributed by atoms with van der Waals surface area (Å²) in [6.45, 7) is 2.83. The van der Waals surface area contributed by atoms with Gasteiger partial charge in [0, 0.05) is 24.2 Å². The molecule has 0 bridgehead atoms. The zero-order chi connectivity index (χ0) is 17.5. The number of aromatic nitrogens is 1. The van der Waals surface area contributed by atoms with Gasteiger partial charge in [0.2, 0.25) is 0 Å². The molecule has 24 heavy (non-hydrogen) atoms. The van der Waals surface area contributed by atoms with Crippen LogP contribution in [0.4, 0.5) is 5.69 Å². The first-order valence-corrected chi connectivity index (χ1v) is 9.47. The Morgan fingerprint density at radius 2 is 2.17 bits per heavy atom. The topological polar surface area (TPSA) is 86.1 Å². The van der Waals surface area contributed by atoms with Gasteiger partial charge < -0.3 is 10.2 Å². The van der Waals surface area contributed by atoms with E-state index in [-0.39, 0.29) is 11.8 Å². The lowest BCUT2D eigenvalue weighted by atomic mass is 10.0. The van der Waals surface area contributed by atoms with E-state index in [9.17, 15) is 13.7 Å². The first-order chi connectivity index (χ1) is 11.3. The smallest absolute Gasteiger partial charge is 0.179 e. The number of hydrogen-bond donors (Lipinski definition) is 1. The van der Waals surface area contributed by atoms with Gasteiger partial charge >= 0.3 is 0 Å². The lowest BCUT2D eigenvalue weighted by Gasteiger charge is -2.21. The number of fused-ring (bicyclic) bond motifs is 3. The van der Waals surface area contributed by atoms with Crippen molar-refractivity contribution in [1.29, 1.82) is 5.26 Å². The molecule has 1 unspecified atom stereocenters. The molecule has 0 saturated carbocycles. The molecule has 6 nitrogen and oxygen atoms in total. The Morgan fingerprint density at radius 3 is 2.83 bits per heavy atom. The summed E-state index contributed by atoms with van der Waals surface area (Å²) in [5.74, 6) is 0.116. The maximum absolute atomic E-state index is 12.2. The van der Waals surface area contributed by atoms with Crippen molar-refractivity contribution in [2.75, 3.05) is 31.7 Å². The van der Waals surface area contributed by atoms with Crippen molar-refractivity contribution in [3.05, 3.63) is 29.5 Å². The fourth-order valence-corrected chi connectivity index (χ4v) is 4.84. The van der Waals surface area contributed by atoms with Crippen molar-refractivity contribution in [2.24, 2.45) is 0 Å². The normalized spacial score (nSPS) is 16.8. The third-order valence-corrected chi connectivity index (χ3v) is 6.00. The third-order valence-electron chi connectivity index (χ3n) is 4.21. The number of hydrogen-bond acceptors (Lipinski definition) is 6. The molecule has 0 radical (unpaired) electrons. The maximum atomic E-state index is 12.2. The number of anilines is 1. The molecular formula is C17H20N4O2S. The zero-order valence-corrected chi connectivity index (χ0v) is 14.8. The molecule has 7 heteroatoms. The maximum Gasteiger partial charge on any atom is 0.179 e. The van der Waals surface area contributed by atoms with Crippen molar-refractivity contribution in [2.45, 2.75) is 24.3 Å². The summed E-state index contributed by atoms with van der Waals surface area (Å²) in [6, 6.07) is 5.63. The van der Waals surface area contributed by atoms with Gasteiger partial charge in [-0.3, -0.25) is 4.98 Å². The quantitative estimate of drug-likeness (QED) is 0.910. The summed E-state index contributed by atoms with van der Waals surface area (Å²) in [5.41, 5.74) is 2.61. The van der Waals surface area contributed by atoms with Crippen LogP contribution in [0.1, 0.15) is 18.1 Å². The molecule has 0 aliphatic carbocycles. The highest BCUT2D eigenvalue weighted by Gasteiger charge is 2.29. The van der Waals surface area contributed by atoms with Gasteiger partial charge in [0.05, 0.1) is 27.4 Å². The fourth-order valence-electron chi connectivity index (χ4n) is 3.30. The summed E-state index contributed by atoms with van der Waals surface area (Å²) in [7, 11) is 0.741. The van der Waals surface area contributed by atoms with E-state index < -0.39 is 9.84 Å². The van der Waals surface area contributed by atoms with Crippen LogP contribution in [0, 0.1) is 11.3 Å². The molecule has 2 heterocycles. The number of nitrogens with zero attached hydrogens (tertiary/aromatic N) is 3. The Labute approximate surface area is 142 Å². The molecule has 1 aliphatic heterocycles. The average molecular weight is 344 g/mol. The van der Waals surface area contributed by atoms with Crippen molar-refractivity contribution < 1.29 is 8.42 Å². The Morgan fingerprint density at radius 1 is 1.42 bits per heavy atom. The number of pyridine rings is 1. The van der Waals surface area contributed by atoms with Crippen molar-refractivity contribution in [3.63, 3.8) is 0 Å². The number of likely N-dealkylation sites (N-methyl/N-ethyl adjacent to an activating group) is 1. The Kier molecular flexibility index (Phi) is 4.20. The predicted octanol–water partition coefficient (Wildman–Crippen LogP) is 1.80. The van der Waals surface area contributed by atoms with Crippen LogP contribution in [0.2, 0.25) is 0 Å². The Bertz CT molecular complexity index is 945. The Balaban J connectivity index is 2.22. The van der Waals surface area contributed by atoms with Crippen LogP contribution in [0.15, 0.2) is 23.2 Å². The van der Waals surface area contributed by atoms with E-state index in [0.29, 0.717) is 28.1 Å².